The Balaban J connectivity index is 2.12. The number of aliphatic hydroxyl groups excluding tert-OH is 1. The molecule has 0 bridgehead atoms. The van der Waals surface area contributed by atoms with Crippen molar-refractivity contribution in [2.75, 3.05) is 0 Å². The van der Waals surface area contributed by atoms with Crippen molar-refractivity contribution in [2.45, 2.75) is 26.4 Å². The van der Waals surface area contributed by atoms with Gasteiger partial charge in [0.2, 0.25) is 0 Å². The molecule has 0 spiro atoms. The molecule has 3 unspecified atom stereocenters. The molecular formula is C10H13NO2S. The molecule has 1 aliphatic rings. The molecule has 1 N–H and O–H groups in total. The van der Waals surface area contributed by atoms with Crippen LogP contribution in [-0.2, 0) is 0 Å². The van der Waals surface area contributed by atoms with Gasteiger partial charge in [-0.05, 0) is 18.3 Å². The molecule has 0 radical (unpaired) electrons. The highest BCUT2D eigenvalue weighted by Gasteiger charge is 2.40. The number of hydrogen-bond acceptors (Lipinski definition) is 4. The Kier molecular flexibility index (Phi) is 2.41. The lowest BCUT2D eigenvalue weighted by atomic mass is 10.2. The second-order valence-electron chi connectivity index (χ2n) is 3.94. The topological polar surface area (TPSA) is 50.2 Å². The normalized spacial score (nSPS) is 27.4. The van der Waals surface area contributed by atoms with Crippen molar-refractivity contribution < 1.29 is 9.90 Å². The molecule has 3 atom stereocenters. The van der Waals surface area contributed by atoms with Gasteiger partial charge < -0.3 is 5.11 Å². The average molecular weight is 211 g/mol. The third-order valence-electron chi connectivity index (χ3n) is 2.70. The zero-order valence-corrected chi connectivity index (χ0v) is 9.04. The zero-order valence-electron chi connectivity index (χ0n) is 8.23. The first-order chi connectivity index (χ1) is 6.59. The summed E-state index contributed by atoms with van der Waals surface area (Å²) in [5.41, 5.74) is 0. The van der Waals surface area contributed by atoms with Gasteiger partial charge in [-0.25, -0.2) is 4.98 Å². The van der Waals surface area contributed by atoms with E-state index in [1.807, 2.05) is 0 Å². The highest BCUT2D eigenvalue weighted by molar-refractivity contribution is 7.13. The Morgan fingerprint density at radius 3 is 2.86 bits per heavy atom. The fourth-order valence-corrected chi connectivity index (χ4v) is 2.44. The highest BCUT2D eigenvalue weighted by Crippen LogP contribution is 2.47. The van der Waals surface area contributed by atoms with Crippen LogP contribution in [0.3, 0.4) is 0 Å². The van der Waals surface area contributed by atoms with Crippen LogP contribution in [0.15, 0.2) is 6.20 Å². The Hall–Kier alpha value is -0.740. The summed E-state index contributed by atoms with van der Waals surface area (Å²) in [6.07, 6.45) is 2.15. The Morgan fingerprint density at radius 1 is 1.79 bits per heavy atom. The second kappa shape index (κ2) is 3.44. The van der Waals surface area contributed by atoms with Crippen LogP contribution in [0, 0.1) is 11.8 Å². The minimum Gasteiger partial charge on any atom is -0.386 e. The van der Waals surface area contributed by atoms with E-state index in [1.54, 1.807) is 6.20 Å². The average Bonchev–Trinajstić information content (AvgIpc) is 2.69. The van der Waals surface area contributed by atoms with Crippen molar-refractivity contribution in [3.63, 3.8) is 0 Å². The molecule has 4 heteroatoms. The maximum absolute atomic E-state index is 11.0. The third kappa shape index (κ3) is 1.72. The smallest absolute Gasteiger partial charge is 0.171 e. The van der Waals surface area contributed by atoms with E-state index in [-0.39, 0.29) is 5.78 Å². The summed E-state index contributed by atoms with van der Waals surface area (Å²) in [7, 11) is 0. The molecule has 0 saturated heterocycles. The van der Waals surface area contributed by atoms with Crippen LogP contribution < -0.4 is 0 Å². The molecular weight excluding hydrogens is 198 g/mol. The predicted octanol–water partition coefficient (Wildman–Crippen LogP) is 2.04. The molecule has 3 nitrogen and oxygen atoms in total. The van der Waals surface area contributed by atoms with Crippen molar-refractivity contribution >= 4 is 17.1 Å². The maximum Gasteiger partial charge on any atom is 0.171 e. The van der Waals surface area contributed by atoms with Crippen LogP contribution in [0.5, 0.6) is 0 Å². The number of rotatable bonds is 3. The zero-order chi connectivity index (χ0) is 10.3. The lowest BCUT2D eigenvalue weighted by Gasteiger charge is -2.04. The van der Waals surface area contributed by atoms with Crippen LogP contribution in [0.1, 0.15) is 41.1 Å². The van der Waals surface area contributed by atoms with Gasteiger partial charge >= 0.3 is 0 Å². The lowest BCUT2D eigenvalue weighted by Crippen LogP contribution is -1.99. The molecule has 14 heavy (non-hydrogen) atoms. The van der Waals surface area contributed by atoms with E-state index in [0.29, 0.717) is 21.7 Å². The van der Waals surface area contributed by atoms with Gasteiger partial charge in [-0.2, -0.15) is 0 Å². The minimum atomic E-state index is -0.469. The van der Waals surface area contributed by atoms with Crippen molar-refractivity contribution in [2.24, 2.45) is 11.8 Å². The molecule has 1 saturated carbocycles. The van der Waals surface area contributed by atoms with E-state index in [2.05, 4.69) is 11.9 Å². The van der Waals surface area contributed by atoms with E-state index < -0.39 is 6.10 Å². The number of hydrogen-bond donors (Lipinski definition) is 1. The first kappa shape index (κ1) is 9.80. The summed E-state index contributed by atoms with van der Waals surface area (Å²) in [6, 6.07) is 0. The number of carbonyl (C=O) groups excluding carboxylic acids is 1. The fourth-order valence-electron chi connectivity index (χ4n) is 1.56. The van der Waals surface area contributed by atoms with Crippen molar-refractivity contribution in [1.29, 1.82) is 0 Å². The molecule has 2 rings (SSSR count). The van der Waals surface area contributed by atoms with Gasteiger partial charge in [-0.3, -0.25) is 4.79 Å². The van der Waals surface area contributed by atoms with Crippen LogP contribution in [-0.4, -0.2) is 15.9 Å². The van der Waals surface area contributed by atoms with Gasteiger partial charge in [0.15, 0.2) is 5.78 Å². The fraction of sp³-hybridized carbons (Fsp3) is 0.600. The van der Waals surface area contributed by atoms with Crippen LogP contribution in [0.25, 0.3) is 0 Å². The molecule has 0 aliphatic heterocycles. The van der Waals surface area contributed by atoms with Gasteiger partial charge in [0.25, 0.3) is 0 Å². The monoisotopic (exact) mass is 211 g/mol. The number of nitrogens with zero attached hydrogens (tertiary/aromatic N) is 1. The second-order valence-corrected chi connectivity index (χ2v) is 5.00. The van der Waals surface area contributed by atoms with Gasteiger partial charge in [0.05, 0.1) is 4.88 Å². The van der Waals surface area contributed by atoms with E-state index in [9.17, 15) is 9.90 Å². The molecule has 1 aromatic heterocycles. The third-order valence-corrected chi connectivity index (χ3v) is 3.87. The summed E-state index contributed by atoms with van der Waals surface area (Å²) in [6.45, 7) is 3.64. The van der Waals surface area contributed by atoms with Gasteiger partial charge in [-0.1, -0.05) is 6.92 Å². The van der Waals surface area contributed by atoms with Crippen molar-refractivity contribution in [3.8, 4) is 0 Å². The number of ketones is 1. The van der Waals surface area contributed by atoms with Gasteiger partial charge in [-0.15, -0.1) is 11.3 Å². The standard InChI is InChI=1S/C10H13NO2S/c1-5-3-7(5)9(13)10-11-4-8(14-10)6(2)12/h4-5,7,9,13H,3H2,1-2H3. The highest BCUT2D eigenvalue weighted by atomic mass is 32.1. The predicted molar refractivity (Wildman–Crippen MR) is 54.3 cm³/mol. The molecule has 76 valence electrons. The molecule has 0 aromatic carbocycles. The van der Waals surface area contributed by atoms with Crippen LogP contribution >= 0.6 is 11.3 Å². The summed E-state index contributed by atoms with van der Waals surface area (Å²) in [5, 5.41) is 10.5. The number of Topliss-reactive ketones (excluding diaryl/α,β-unsaturated/α-hetero) is 1. The number of thiazole rings is 1. The molecule has 1 aromatic rings. The SMILES string of the molecule is CC(=O)c1cnc(C(O)C2CC2C)s1. The first-order valence-corrected chi connectivity index (χ1v) is 5.56. The summed E-state index contributed by atoms with van der Waals surface area (Å²) in [4.78, 5) is 15.7. The largest absolute Gasteiger partial charge is 0.386 e. The Morgan fingerprint density at radius 2 is 2.43 bits per heavy atom. The minimum absolute atomic E-state index is 0.0183. The number of aliphatic hydroxyl groups is 1. The molecule has 1 heterocycles. The van der Waals surface area contributed by atoms with E-state index in [1.165, 1.54) is 18.3 Å². The number of aromatic nitrogens is 1. The van der Waals surface area contributed by atoms with E-state index >= 15 is 0 Å². The summed E-state index contributed by atoms with van der Waals surface area (Å²) < 4.78 is 0. The first-order valence-electron chi connectivity index (χ1n) is 4.74. The lowest BCUT2D eigenvalue weighted by molar-refractivity contribution is 0.102. The van der Waals surface area contributed by atoms with Crippen molar-refractivity contribution in [3.05, 3.63) is 16.1 Å². The van der Waals surface area contributed by atoms with Crippen molar-refractivity contribution in [1.82, 2.24) is 4.98 Å². The summed E-state index contributed by atoms with van der Waals surface area (Å²) >= 11 is 1.31. The van der Waals surface area contributed by atoms with Crippen LogP contribution in [0.4, 0.5) is 0 Å². The molecule has 0 amide bonds. The quantitative estimate of drug-likeness (QED) is 0.778. The Labute approximate surface area is 86.8 Å². The molecule has 1 aliphatic carbocycles. The van der Waals surface area contributed by atoms with Gasteiger partial charge in [0.1, 0.15) is 11.1 Å². The summed E-state index contributed by atoms with van der Waals surface area (Å²) in [5.74, 6) is 0.959. The molecule has 1 fully saturated rings. The van der Waals surface area contributed by atoms with Gasteiger partial charge in [0, 0.05) is 13.1 Å². The number of carbonyl (C=O) groups is 1. The van der Waals surface area contributed by atoms with Crippen LogP contribution in [0.2, 0.25) is 0 Å². The van der Waals surface area contributed by atoms with E-state index in [0.717, 1.165) is 6.42 Å². The maximum atomic E-state index is 11.0. The van der Waals surface area contributed by atoms with E-state index in [4.69, 9.17) is 0 Å². The Bertz CT molecular complexity index is 361.